The summed E-state index contributed by atoms with van der Waals surface area (Å²) in [4.78, 5) is 37.3. The van der Waals surface area contributed by atoms with E-state index in [0.29, 0.717) is 0 Å². The van der Waals surface area contributed by atoms with Crippen LogP contribution in [0.15, 0.2) is 48.1 Å². The van der Waals surface area contributed by atoms with Crippen LogP contribution in [0.2, 0.25) is 0 Å². The van der Waals surface area contributed by atoms with Crippen LogP contribution in [0.25, 0.3) is 0 Å². The standard InChI is InChI=1S/C21H29NO5/c1-7-18(23)26-11-9-22(10-12-27-19(24)8-2)21(25)20-16(5)14(3)13-15(4)17(20)6/h7-8,13-14,16H,1-2,9-12H2,3-6H3. The van der Waals surface area contributed by atoms with Crippen LogP contribution in [0, 0.1) is 11.8 Å². The summed E-state index contributed by atoms with van der Waals surface area (Å²) >= 11 is 0. The average molecular weight is 375 g/mol. The van der Waals surface area contributed by atoms with E-state index in [0.717, 1.165) is 28.9 Å². The van der Waals surface area contributed by atoms with E-state index in [4.69, 9.17) is 9.47 Å². The van der Waals surface area contributed by atoms with Crippen molar-refractivity contribution in [2.45, 2.75) is 27.7 Å². The summed E-state index contributed by atoms with van der Waals surface area (Å²) in [5.74, 6) is -0.922. The number of rotatable bonds is 9. The second-order valence-corrected chi connectivity index (χ2v) is 6.57. The lowest BCUT2D eigenvalue weighted by atomic mass is 9.78. The number of nitrogens with zero attached hydrogens (tertiary/aromatic N) is 1. The molecular formula is C21H29NO5. The van der Waals surface area contributed by atoms with Crippen molar-refractivity contribution in [3.8, 4) is 0 Å². The van der Waals surface area contributed by atoms with E-state index in [9.17, 15) is 14.4 Å². The maximum Gasteiger partial charge on any atom is 0.330 e. The van der Waals surface area contributed by atoms with E-state index in [1.165, 1.54) is 0 Å². The molecule has 0 fully saturated rings. The largest absolute Gasteiger partial charge is 0.461 e. The predicted molar refractivity (Wildman–Crippen MR) is 104 cm³/mol. The number of esters is 2. The van der Waals surface area contributed by atoms with Crippen molar-refractivity contribution in [3.05, 3.63) is 48.1 Å². The maximum atomic E-state index is 13.2. The zero-order chi connectivity index (χ0) is 20.6. The van der Waals surface area contributed by atoms with Crippen LogP contribution in [0.4, 0.5) is 0 Å². The number of amides is 1. The summed E-state index contributed by atoms with van der Waals surface area (Å²) in [6.45, 7) is 15.2. The summed E-state index contributed by atoms with van der Waals surface area (Å²) in [5.41, 5.74) is 2.79. The Morgan fingerprint density at radius 2 is 1.52 bits per heavy atom. The van der Waals surface area contributed by atoms with Crippen LogP contribution in [0.3, 0.4) is 0 Å². The fraction of sp³-hybridized carbons (Fsp3) is 0.476. The van der Waals surface area contributed by atoms with Crippen LogP contribution in [-0.2, 0) is 23.9 Å². The molecule has 0 bridgehead atoms. The van der Waals surface area contributed by atoms with Gasteiger partial charge in [0.05, 0.1) is 13.1 Å². The highest BCUT2D eigenvalue weighted by molar-refractivity contribution is 5.96. The van der Waals surface area contributed by atoms with Crippen molar-refractivity contribution >= 4 is 17.8 Å². The molecule has 0 aromatic rings. The summed E-state index contributed by atoms with van der Waals surface area (Å²) in [6, 6.07) is 0. The van der Waals surface area contributed by atoms with Crippen LogP contribution < -0.4 is 0 Å². The smallest absolute Gasteiger partial charge is 0.330 e. The number of carbonyl (C=O) groups is 3. The van der Waals surface area contributed by atoms with Crippen LogP contribution in [0.5, 0.6) is 0 Å². The van der Waals surface area contributed by atoms with Gasteiger partial charge in [-0.2, -0.15) is 0 Å². The molecule has 0 heterocycles. The summed E-state index contributed by atoms with van der Waals surface area (Å²) in [7, 11) is 0. The second-order valence-electron chi connectivity index (χ2n) is 6.57. The number of ether oxygens (including phenoxy) is 2. The SMILES string of the molecule is C=CC(=O)OCCN(CCOC(=O)C=C)C(=O)C1=C(C)C(C)=CC(C)C1C. The monoisotopic (exact) mass is 375 g/mol. The second kappa shape index (κ2) is 10.5. The number of hydrogen-bond donors (Lipinski definition) is 0. The zero-order valence-electron chi connectivity index (χ0n) is 16.6. The van der Waals surface area contributed by atoms with E-state index in [2.05, 4.69) is 26.2 Å². The summed E-state index contributed by atoms with van der Waals surface area (Å²) < 4.78 is 10.0. The maximum absolute atomic E-state index is 13.2. The van der Waals surface area contributed by atoms with Crippen LogP contribution in [-0.4, -0.2) is 49.0 Å². The number of carbonyl (C=O) groups excluding carboxylic acids is 3. The van der Waals surface area contributed by atoms with Crippen molar-refractivity contribution in [2.75, 3.05) is 26.3 Å². The first-order chi connectivity index (χ1) is 12.7. The Balaban J connectivity index is 2.95. The van der Waals surface area contributed by atoms with Gasteiger partial charge in [-0.3, -0.25) is 4.79 Å². The van der Waals surface area contributed by atoms with Gasteiger partial charge in [-0.25, -0.2) is 9.59 Å². The molecule has 0 saturated heterocycles. The third-order valence-corrected chi connectivity index (χ3v) is 4.81. The minimum absolute atomic E-state index is 0.0388. The Labute approximate surface area is 161 Å². The number of allylic oxidation sites excluding steroid dienone is 3. The first-order valence-corrected chi connectivity index (χ1v) is 9.00. The molecule has 27 heavy (non-hydrogen) atoms. The Morgan fingerprint density at radius 1 is 1.04 bits per heavy atom. The van der Waals surface area contributed by atoms with Gasteiger partial charge in [-0.1, -0.05) is 38.7 Å². The lowest BCUT2D eigenvalue weighted by molar-refractivity contribution is -0.142. The van der Waals surface area contributed by atoms with E-state index in [1.807, 2.05) is 20.8 Å². The highest BCUT2D eigenvalue weighted by Crippen LogP contribution is 2.34. The molecule has 1 aliphatic rings. The van der Waals surface area contributed by atoms with Crippen molar-refractivity contribution in [2.24, 2.45) is 11.8 Å². The van der Waals surface area contributed by atoms with Gasteiger partial charge in [0, 0.05) is 17.7 Å². The predicted octanol–water partition coefficient (Wildman–Crippen LogP) is 2.82. The molecule has 0 aromatic carbocycles. The van der Waals surface area contributed by atoms with Crippen LogP contribution >= 0.6 is 0 Å². The first-order valence-electron chi connectivity index (χ1n) is 9.00. The molecule has 0 saturated carbocycles. The normalized spacial score (nSPS) is 19.0. The van der Waals surface area contributed by atoms with Gasteiger partial charge in [0.1, 0.15) is 13.2 Å². The van der Waals surface area contributed by atoms with E-state index in [1.54, 1.807) is 4.90 Å². The number of hydrogen-bond acceptors (Lipinski definition) is 5. The van der Waals surface area contributed by atoms with Crippen LogP contribution in [0.1, 0.15) is 27.7 Å². The third kappa shape index (κ3) is 6.24. The third-order valence-electron chi connectivity index (χ3n) is 4.81. The molecule has 0 aliphatic heterocycles. The molecule has 1 amide bonds. The molecule has 2 atom stereocenters. The Bertz CT molecular complexity index is 648. The van der Waals surface area contributed by atoms with Gasteiger partial charge in [0.25, 0.3) is 5.91 Å². The van der Waals surface area contributed by atoms with E-state index >= 15 is 0 Å². The lowest BCUT2D eigenvalue weighted by Crippen LogP contribution is -2.40. The molecule has 6 nitrogen and oxygen atoms in total. The Kier molecular flexibility index (Phi) is 8.72. The van der Waals surface area contributed by atoms with Gasteiger partial charge in [-0.15, -0.1) is 0 Å². The van der Waals surface area contributed by atoms with Gasteiger partial charge in [0.2, 0.25) is 0 Å². The van der Waals surface area contributed by atoms with Gasteiger partial charge < -0.3 is 14.4 Å². The summed E-state index contributed by atoms with van der Waals surface area (Å²) in [6.07, 6.45) is 4.31. The van der Waals surface area contributed by atoms with Gasteiger partial charge in [-0.05, 0) is 31.3 Å². The molecule has 1 aliphatic carbocycles. The highest BCUT2D eigenvalue weighted by atomic mass is 16.5. The molecule has 0 spiro atoms. The minimum Gasteiger partial charge on any atom is -0.461 e. The van der Waals surface area contributed by atoms with E-state index in [-0.39, 0.29) is 44.0 Å². The highest BCUT2D eigenvalue weighted by Gasteiger charge is 2.30. The average Bonchev–Trinajstić information content (AvgIpc) is 2.64. The molecular weight excluding hydrogens is 346 g/mol. The van der Waals surface area contributed by atoms with Gasteiger partial charge >= 0.3 is 11.9 Å². The first kappa shape index (κ1) is 22.4. The zero-order valence-corrected chi connectivity index (χ0v) is 16.6. The quantitative estimate of drug-likeness (QED) is 0.458. The topological polar surface area (TPSA) is 72.9 Å². The molecule has 0 radical (unpaired) electrons. The summed E-state index contributed by atoms with van der Waals surface area (Å²) in [5, 5.41) is 0. The van der Waals surface area contributed by atoms with Crippen molar-refractivity contribution in [3.63, 3.8) is 0 Å². The van der Waals surface area contributed by atoms with E-state index < -0.39 is 11.9 Å². The fourth-order valence-corrected chi connectivity index (χ4v) is 2.95. The van der Waals surface area contributed by atoms with Crippen molar-refractivity contribution in [1.29, 1.82) is 0 Å². The minimum atomic E-state index is -0.547. The van der Waals surface area contributed by atoms with Crippen molar-refractivity contribution in [1.82, 2.24) is 4.90 Å². The fourth-order valence-electron chi connectivity index (χ4n) is 2.95. The molecule has 148 valence electrons. The molecule has 0 N–H and O–H groups in total. The molecule has 1 rings (SSSR count). The lowest BCUT2D eigenvalue weighted by Gasteiger charge is -2.32. The Morgan fingerprint density at radius 3 is 1.96 bits per heavy atom. The van der Waals surface area contributed by atoms with Gasteiger partial charge in [0.15, 0.2) is 0 Å². The molecule has 2 unspecified atom stereocenters. The molecule has 6 heteroatoms. The van der Waals surface area contributed by atoms with Crippen molar-refractivity contribution < 1.29 is 23.9 Å². The molecule has 0 aromatic heterocycles. The Hall–Kier alpha value is -2.63.